The van der Waals surface area contributed by atoms with Crippen molar-refractivity contribution in [2.24, 2.45) is 0 Å². The Morgan fingerprint density at radius 3 is 2.45 bits per heavy atom. The second-order valence-corrected chi connectivity index (χ2v) is 3.05. The lowest BCUT2D eigenvalue weighted by Crippen LogP contribution is -2.01. The van der Waals surface area contributed by atoms with Crippen molar-refractivity contribution in [3.05, 3.63) is 12.2 Å². The van der Waals surface area contributed by atoms with Crippen molar-refractivity contribution < 1.29 is 18.7 Å². The van der Waals surface area contributed by atoms with Crippen LogP contribution in [0.15, 0.2) is 12.2 Å². The van der Waals surface area contributed by atoms with E-state index in [1.165, 1.54) is 6.08 Å². The summed E-state index contributed by atoms with van der Waals surface area (Å²) >= 11 is 2.11. The Kier molecular flexibility index (Phi) is 4.25. The zero-order valence-electron chi connectivity index (χ0n) is 5.56. The molecule has 0 unspecified atom stereocenters. The van der Waals surface area contributed by atoms with Crippen molar-refractivity contribution in [1.82, 2.24) is 0 Å². The first-order valence-corrected chi connectivity index (χ1v) is 3.64. The smallest absolute Gasteiger partial charge is 0.307 e. The van der Waals surface area contributed by atoms with Crippen molar-refractivity contribution in [1.29, 1.82) is 0 Å². The van der Waals surface area contributed by atoms with E-state index in [2.05, 4.69) is 15.9 Å². The van der Waals surface area contributed by atoms with Gasteiger partial charge in [-0.05, 0) is 15.9 Å². The molecule has 0 rings (SSSR count). The lowest BCUT2D eigenvalue weighted by Gasteiger charge is -2.01. The zero-order valence-corrected chi connectivity index (χ0v) is 7.14. The van der Waals surface area contributed by atoms with Gasteiger partial charge >= 0.3 is 10.8 Å². The first-order chi connectivity index (χ1) is 4.92. The summed E-state index contributed by atoms with van der Waals surface area (Å²) < 4.78 is 23.9. The van der Waals surface area contributed by atoms with Gasteiger partial charge in [0.1, 0.15) is 0 Å². The maximum absolute atomic E-state index is 12.0. The van der Waals surface area contributed by atoms with Gasteiger partial charge in [0.15, 0.2) is 0 Å². The minimum atomic E-state index is -2.93. The molecule has 0 aromatic rings. The highest BCUT2D eigenvalue weighted by Crippen LogP contribution is 2.25. The van der Waals surface area contributed by atoms with Crippen LogP contribution >= 0.6 is 15.9 Å². The predicted molar refractivity (Wildman–Crippen MR) is 39.9 cm³/mol. The second kappa shape index (κ2) is 4.43. The normalized spacial score (nSPS) is 12.3. The monoisotopic (exact) mass is 228 g/mol. The van der Waals surface area contributed by atoms with Gasteiger partial charge in [0, 0.05) is 6.42 Å². The predicted octanol–water partition coefficient (Wildman–Crippen LogP) is 2.40. The average molecular weight is 229 g/mol. The maximum Gasteiger partial charge on any atom is 0.307 e. The van der Waals surface area contributed by atoms with Gasteiger partial charge in [-0.1, -0.05) is 12.2 Å². The fourth-order valence-electron chi connectivity index (χ4n) is 0.401. The summed E-state index contributed by atoms with van der Waals surface area (Å²) in [5, 5.41) is 8.09. The molecule has 0 aliphatic carbocycles. The summed E-state index contributed by atoms with van der Waals surface area (Å²) in [6.07, 6.45) is 1.61. The first kappa shape index (κ1) is 10.6. The zero-order chi connectivity index (χ0) is 8.91. The summed E-state index contributed by atoms with van der Waals surface area (Å²) in [5.74, 6) is -1.03. The molecule has 0 spiro atoms. The summed E-state index contributed by atoms with van der Waals surface area (Å²) in [6.45, 7) is 0. The van der Waals surface area contributed by atoms with E-state index in [9.17, 15) is 13.6 Å². The third kappa shape index (κ3) is 9.55. The summed E-state index contributed by atoms with van der Waals surface area (Å²) in [7, 11) is 0. The Bertz CT molecular complexity index is 162. The Morgan fingerprint density at radius 1 is 1.55 bits per heavy atom. The number of allylic oxidation sites excluding steroid dienone is 1. The second-order valence-electron chi connectivity index (χ2n) is 1.89. The van der Waals surface area contributed by atoms with Gasteiger partial charge in [-0.2, -0.15) is 8.78 Å². The molecule has 0 heterocycles. The molecule has 0 aromatic heterocycles. The number of alkyl halides is 3. The first-order valence-electron chi connectivity index (χ1n) is 2.85. The highest BCUT2D eigenvalue weighted by Gasteiger charge is 2.20. The van der Waals surface area contributed by atoms with Crippen molar-refractivity contribution in [2.45, 2.75) is 17.7 Å². The highest BCUT2D eigenvalue weighted by atomic mass is 79.9. The van der Waals surface area contributed by atoms with Gasteiger partial charge in [-0.25, -0.2) is 0 Å². The summed E-state index contributed by atoms with van der Waals surface area (Å²) in [6, 6.07) is 0. The van der Waals surface area contributed by atoms with E-state index in [1.807, 2.05) is 0 Å². The number of hydrogen-bond donors (Lipinski definition) is 1. The van der Waals surface area contributed by atoms with E-state index in [1.54, 1.807) is 0 Å². The molecule has 11 heavy (non-hydrogen) atoms. The third-order valence-corrected chi connectivity index (χ3v) is 1.13. The minimum Gasteiger partial charge on any atom is -0.481 e. The number of halogens is 3. The van der Waals surface area contributed by atoms with Crippen LogP contribution in [-0.4, -0.2) is 15.9 Å². The molecule has 1 N–H and O–H groups in total. The fourth-order valence-corrected chi connectivity index (χ4v) is 0.588. The summed E-state index contributed by atoms with van der Waals surface area (Å²) in [5.41, 5.74) is 0. The van der Waals surface area contributed by atoms with Crippen LogP contribution in [-0.2, 0) is 4.79 Å². The molecular weight excluding hydrogens is 222 g/mol. The van der Waals surface area contributed by atoms with E-state index in [0.717, 1.165) is 6.08 Å². The van der Waals surface area contributed by atoms with Gasteiger partial charge in [0.05, 0.1) is 6.42 Å². The van der Waals surface area contributed by atoms with Crippen LogP contribution in [0, 0.1) is 0 Å². The number of carboxylic acid groups (broad SMARTS) is 1. The van der Waals surface area contributed by atoms with E-state index in [0.29, 0.717) is 0 Å². The van der Waals surface area contributed by atoms with E-state index >= 15 is 0 Å². The summed E-state index contributed by atoms with van der Waals surface area (Å²) in [4.78, 5) is 6.94. The van der Waals surface area contributed by atoms with E-state index in [4.69, 9.17) is 5.11 Å². The number of hydrogen-bond acceptors (Lipinski definition) is 1. The van der Waals surface area contributed by atoms with E-state index < -0.39 is 17.2 Å². The van der Waals surface area contributed by atoms with Crippen molar-refractivity contribution >= 4 is 21.9 Å². The van der Waals surface area contributed by atoms with Crippen LogP contribution in [0.5, 0.6) is 0 Å². The lowest BCUT2D eigenvalue weighted by molar-refractivity contribution is -0.136. The van der Waals surface area contributed by atoms with Crippen LogP contribution in [0.25, 0.3) is 0 Å². The molecule has 0 saturated carbocycles. The van der Waals surface area contributed by atoms with Crippen molar-refractivity contribution in [3.63, 3.8) is 0 Å². The highest BCUT2D eigenvalue weighted by molar-refractivity contribution is 9.10. The molecule has 0 atom stereocenters. The Hall–Kier alpha value is -0.450. The molecule has 2 nitrogen and oxygen atoms in total. The molecule has 0 bridgehead atoms. The van der Waals surface area contributed by atoms with Crippen LogP contribution in [0.3, 0.4) is 0 Å². The lowest BCUT2D eigenvalue weighted by atomic mass is 10.3. The number of carboxylic acids is 1. The molecule has 0 fully saturated rings. The van der Waals surface area contributed by atoms with Gasteiger partial charge < -0.3 is 5.11 Å². The average Bonchev–Trinajstić information content (AvgIpc) is 1.78. The molecule has 0 saturated heterocycles. The third-order valence-electron chi connectivity index (χ3n) is 0.808. The SMILES string of the molecule is O=C(O)C/C=C\CC(F)(F)Br. The standard InChI is InChI=1S/C6H7BrF2O2/c7-6(8,9)4-2-1-3-5(10)11/h1-2H,3-4H2,(H,10,11)/b2-1-. The number of rotatable bonds is 4. The Morgan fingerprint density at radius 2 is 2.09 bits per heavy atom. The molecular formula is C6H7BrF2O2. The number of aliphatic carboxylic acids is 1. The molecule has 0 aliphatic heterocycles. The van der Waals surface area contributed by atoms with Gasteiger partial charge in [-0.3, -0.25) is 4.79 Å². The molecule has 0 amide bonds. The Labute approximate surface area is 71.0 Å². The molecule has 0 aromatic carbocycles. The Balaban J connectivity index is 3.53. The molecule has 5 heteroatoms. The van der Waals surface area contributed by atoms with Crippen LogP contribution < -0.4 is 0 Å². The quantitative estimate of drug-likeness (QED) is 0.593. The molecule has 64 valence electrons. The maximum atomic E-state index is 12.0. The largest absolute Gasteiger partial charge is 0.481 e. The molecule has 0 radical (unpaired) electrons. The van der Waals surface area contributed by atoms with Crippen LogP contribution in [0.4, 0.5) is 8.78 Å². The van der Waals surface area contributed by atoms with Gasteiger partial charge in [0.25, 0.3) is 0 Å². The van der Waals surface area contributed by atoms with Gasteiger partial charge in [0.2, 0.25) is 0 Å². The van der Waals surface area contributed by atoms with Crippen LogP contribution in [0.1, 0.15) is 12.8 Å². The van der Waals surface area contributed by atoms with E-state index in [-0.39, 0.29) is 6.42 Å². The molecule has 0 aliphatic rings. The van der Waals surface area contributed by atoms with Gasteiger partial charge in [-0.15, -0.1) is 0 Å². The minimum absolute atomic E-state index is 0.219. The van der Waals surface area contributed by atoms with Crippen molar-refractivity contribution in [2.75, 3.05) is 0 Å². The topological polar surface area (TPSA) is 37.3 Å². The van der Waals surface area contributed by atoms with Crippen LogP contribution in [0.2, 0.25) is 0 Å². The number of carbonyl (C=O) groups is 1. The van der Waals surface area contributed by atoms with Crippen molar-refractivity contribution in [3.8, 4) is 0 Å². The fraction of sp³-hybridized carbons (Fsp3) is 0.500.